The average molecular weight is 429 g/mol. The third kappa shape index (κ3) is 3.89. The van der Waals surface area contributed by atoms with Crippen LogP contribution in [0.2, 0.25) is 5.02 Å². The normalized spacial score (nSPS) is 23.2. The third-order valence-electron chi connectivity index (χ3n) is 6.02. The molecule has 1 N–H and O–H groups in total. The molecule has 0 radical (unpaired) electrons. The molecule has 0 aliphatic heterocycles. The molecule has 0 amide bonds. The Morgan fingerprint density at radius 1 is 1.03 bits per heavy atom. The van der Waals surface area contributed by atoms with Gasteiger partial charge in [0, 0.05) is 11.3 Å². The van der Waals surface area contributed by atoms with Crippen LogP contribution >= 0.6 is 11.6 Å². The number of alkyl halides is 3. The Morgan fingerprint density at radius 3 is 2.31 bits per heavy atom. The lowest BCUT2D eigenvalue weighted by atomic mass is 9.93. The van der Waals surface area contributed by atoms with E-state index in [1.807, 2.05) is 0 Å². The number of furan rings is 1. The van der Waals surface area contributed by atoms with E-state index in [-0.39, 0.29) is 22.1 Å². The Labute approximate surface area is 170 Å². The van der Waals surface area contributed by atoms with Gasteiger partial charge in [-0.25, -0.2) is 0 Å². The Bertz CT molecular complexity index is 974. The number of carbonyl (C=O) groups excluding carboxylic acids is 1. The number of hydrogen-bond acceptors (Lipinski definition) is 3. The Balaban J connectivity index is 1.71. The molecule has 1 aromatic carbocycles. The lowest BCUT2D eigenvalue weighted by Crippen LogP contribution is -2.15. The number of carboxylic acids is 1. The van der Waals surface area contributed by atoms with Crippen LogP contribution in [0, 0.1) is 11.8 Å². The van der Waals surface area contributed by atoms with Crippen molar-refractivity contribution in [2.45, 2.75) is 57.0 Å². The summed E-state index contributed by atoms with van der Waals surface area (Å²) >= 11 is 6.33. The van der Waals surface area contributed by atoms with Crippen LogP contribution in [0.3, 0.4) is 0 Å². The Hall–Kier alpha value is -2.02. The molecular weight excluding hydrogens is 409 g/mol. The number of aliphatic carboxylic acids is 1. The molecule has 2 aliphatic carbocycles. The quantitative estimate of drug-likeness (QED) is 0.449. The molecule has 4 rings (SSSR count). The fraction of sp³-hybridized carbons (Fsp3) is 0.524. The number of carbonyl (C=O) groups is 2. The van der Waals surface area contributed by atoms with Gasteiger partial charge in [0.15, 0.2) is 5.76 Å². The molecule has 29 heavy (non-hydrogen) atoms. The van der Waals surface area contributed by atoms with E-state index in [4.69, 9.17) is 16.0 Å². The summed E-state index contributed by atoms with van der Waals surface area (Å²) in [5.41, 5.74) is -0.762. The van der Waals surface area contributed by atoms with Gasteiger partial charge in [-0.3, -0.25) is 9.59 Å². The first kappa shape index (κ1) is 20.3. The molecule has 0 bridgehead atoms. The van der Waals surface area contributed by atoms with Crippen LogP contribution in [0.4, 0.5) is 13.2 Å². The van der Waals surface area contributed by atoms with Crippen molar-refractivity contribution in [2.75, 3.05) is 0 Å². The number of carboxylic acid groups (broad SMARTS) is 1. The van der Waals surface area contributed by atoms with Gasteiger partial charge in [0.2, 0.25) is 5.78 Å². The van der Waals surface area contributed by atoms with E-state index < -0.39 is 40.9 Å². The molecule has 1 heterocycles. The summed E-state index contributed by atoms with van der Waals surface area (Å²) in [6.45, 7) is 0. The predicted octanol–water partition coefficient (Wildman–Crippen LogP) is 6.45. The smallest absolute Gasteiger partial charge is 0.420 e. The Kier molecular flexibility index (Phi) is 5.13. The van der Waals surface area contributed by atoms with Crippen molar-refractivity contribution in [1.29, 1.82) is 0 Å². The highest BCUT2D eigenvalue weighted by molar-refractivity contribution is 6.38. The number of hydrogen-bond donors (Lipinski definition) is 1. The first-order chi connectivity index (χ1) is 13.7. The van der Waals surface area contributed by atoms with Gasteiger partial charge in [-0.2, -0.15) is 13.2 Å². The van der Waals surface area contributed by atoms with Crippen LogP contribution in [-0.4, -0.2) is 16.9 Å². The molecule has 2 unspecified atom stereocenters. The second-order valence-corrected chi connectivity index (χ2v) is 8.44. The molecule has 1 aromatic heterocycles. The van der Waals surface area contributed by atoms with Crippen LogP contribution < -0.4 is 0 Å². The first-order valence-electron chi connectivity index (χ1n) is 9.77. The zero-order valence-corrected chi connectivity index (χ0v) is 16.3. The second-order valence-electron chi connectivity index (χ2n) is 8.07. The van der Waals surface area contributed by atoms with Crippen LogP contribution in [0.1, 0.15) is 72.5 Å². The van der Waals surface area contributed by atoms with Crippen molar-refractivity contribution in [3.05, 3.63) is 34.0 Å². The minimum Gasteiger partial charge on any atom is -0.481 e. The van der Waals surface area contributed by atoms with E-state index in [1.54, 1.807) is 6.07 Å². The minimum atomic E-state index is -4.62. The first-order valence-corrected chi connectivity index (χ1v) is 10.1. The molecule has 0 saturated heterocycles. The van der Waals surface area contributed by atoms with Crippen LogP contribution in [-0.2, 0) is 11.0 Å². The van der Waals surface area contributed by atoms with Crippen molar-refractivity contribution in [1.82, 2.24) is 0 Å². The number of ketones is 1. The van der Waals surface area contributed by atoms with E-state index in [0.717, 1.165) is 18.9 Å². The van der Waals surface area contributed by atoms with Gasteiger partial charge in [-0.1, -0.05) is 18.0 Å². The molecule has 2 aromatic rings. The lowest BCUT2D eigenvalue weighted by molar-refractivity contribution is -0.142. The van der Waals surface area contributed by atoms with Crippen LogP contribution in [0.15, 0.2) is 16.5 Å². The maximum Gasteiger partial charge on any atom is 0.420 e. The number of rotatable bonds is 4. The molecule has 2 atom stereocenters. The molecule has 2 saturated carbocycles. The fourth-order valence-electron chi connectivity index (χ4n) is 4.21. The van der Waals surface area contributed by atoms with Gasteiger partial charge in [-0.15, -0.1) is 0 Å². The number of benzene rings is 1. The Morgan fingerprint density at radius 2 is 1.69 bits per heavy atom. The summed E-state index contributed by atoms with van der Waals surface area (Å²) < 4.78 is 46.2. The van der Waals surface area contributed by atoms with E-state index >= 15 is 0 Å². The lowest BCUT2D eigenvalue weighted by Gasteiger charge is -2.11. The minimum absolute atomic E-state index is 0.0837. The van der Waals surface area contributed by atoms with Gasteiger partial charge >= 0.3 is 12.1 Å². The van der Waals surface area contributed by atoms with Crippen LogP contribution in [0.25, 0.3) is 11.0 Å². The maximum atomic E-state index is 13.6. The van der Waals surface area contributed by atoms with Gasteiger partial charge in [0.25, 0.3) is 0 Å². The molecule has 156 valence electrons. The topological polar surface area (TPSA) is 67.5 Å². The average Bonchev–Trinajstić information content (AvgIpc) is 3.47. The van der Waals surface area contributed by atoms with Crippen molar-refractivity contribution in [3.8, 4) is 0 Å². The number of fused-ring (bicyclic) bond motifs is 1. The summed E-state index contributed by atoms with van der Waals surface area (Å²) in [6.07, 6.45) is -0.752. The monoisotopic (exact) mass is 428 g/mol. The molecule has 8 heteroatoms. The van der Waals surface area contributed by atoms with Gasteiger partial charge in [-0.05, 0) is 62.1 Å². The number of halogens is 4. The van der Waals surface area contributed by atoms with Crippen LogP contribution in [0.5, 0.6) is 0 Å². The van der Waals surface area contributed by atoms with Crippen molar-refractivity contribution in [2.24, 2.45) is 11.8 Å². The maximum absolute atomic E-state index is 13.6. The molecular formula is C21H20ClF3O4. The predicted molar refractivity (Wildman–Crippen MR) is 100 cm³/mol. The SMILES string of the molecule is O=C(O)C1CCCC(C(=O)c2oc3c(C(F)(F)F)cc(C4CC4)cc3c2Cl)CC1. The second kappa shape index (κ2) is 7.35. The standard InChI is InChI=1S/C21H20ClF3O4/c22-16-14-8-13(10-4-5-10)9-15(21(23,24)25)18(14)29-19(16)17(26)11-2-1-3-12(7-6-11)20(27)28/h8-12H,1-7H2,(H,27,28). The van der Waals surface area contributed by atoms with E-state index in [0.29, 0.717) is 37.7 Å². The fourth-order valence-corrected chi connectivity index (χ4v) is 4.48. The summed E-state index contributed by atoms with van der Waals surface area (Å²) in [7, 11) is 0. The summed E-state index contributed by atoms with van der Waals surface area (Å²) in [5.74, 6) is -2.51. The van der Waals surface area contributed by atoms with E-state index in [2.05, 4.69) is 0 Å². The molecule has 4 nitrogen and oxygen atoms in total. The van der Waals surface area contributed by atoms with E-state index in [1.165, 1.54) is 0 Å². The highest BCUT2D eigenvalue weighted by Gasteiger charge is 2.39. The van der Waals surface area contributed by atoms with Crippen molar-refractivity contribution in [3.63, 3.8) is 0 Å². The molecule has 0 spiro atoms. The van der Waals surface area contributed by atoms with Crippen molar-refractivity contribution < 1.29 is 32.3 Å². The molecule has 2 fully saturated rings. The summed E-state index contributed by atoms with van der Waals surface area (Å²) in [6, 6.07) is 2.69. The van der Waals surface area contributed by atoms with Gasteiger partial charge in [0.1, 0.15) is 5.58 Å². The van der Waals surface area contributed by atoms with Gasteiger partial charge in [0.05, 0.1) is 16.5 Å². The summed E-state index contributed by atoms with van der Waals surface area (Å²) in [4.78, 5) is 24.2. The van der Waals surface area contributed by atoms with E-state index in [9.17, 15) is 27.9 Å². The summed E-state index contributed by atoms with van der Waals surface area (Å²) in [5, 5.41) is 9.22. The van der Waals surface area contributed by atoms with Crippen molar-refractivity contribution >= 4 is 34.3 Å². The third-order valence-corrected chi connectivity index (χ3v) is 6.39. The zero-order valence-electron chi connectivity index (χ0n) is 15.5. The zero-order chi connectivity index (χ0) is 20.9. The van der Waals surface area contributed by atoms with Gasteiger partial charge < -0.3 is 9.52 Å². The highest BCUT2D eigenvalue weighted by Crippen LogP contribution is 2.47. The number of Topliss-reactive ketones (excluding diaryl/α,β-unsaturated/α-hetero) is 1. The molecule has 2 aliphatic rings. The largest absolute Gasteiger partial charge is 0.481 e. The highest BCUT2D eigenvalue weighted by atomic mass is 35.5.